The summed E-state index contributed by atoms with van der Waals surface area (Å²) in [6.45, 7) is 0.502. The van der Waals surface area contributed by atoms with Gasteiger partial charge in [0.1, 0.15) is 18.7 Å². The van der Waals surface area contributed by atoms with Crippen molar-refractivity contribution in [2.75, 3.05) is 6.61 Å². The summed E-state index contributed by atoms with van der Waals surface area (Å²) in [5.41, 5.74) is 0.859. The summed E-state index contributed by atoms with van der Waals surface area (Å²) in [6.07, 6.45) is 4.72. The zero-order chi connectivity index (χ0) is 12.4. The van der Waals surface area contributed by atoms with E-state index in [0.717, 1.165) is 23.1 Å². The molecule has 0 saturated carbocycles. The first kappa shape index (κ1) is 11.0. The number of hydrogen-bond donors (Lipinski definition) is 1. The van der Waals surface area contributed by atoms with Crippen LogP contribution in [-0.2, 0) is 4.79 Å². The lowest BCUT2D eigenvalue weighted by Crippen LogP contribution is -2.30. The molecule has 92 valence electrons. The Balaban J connectivity index is 1.69. The molecule has 1 aromatic heterocycles. The Morgan fingerprint density at radius 2 is 2.39 bits per heavy atom. The van der Waals surface area contributed by atoms with Crippen molar-refractivity contribution < 1.29 is 9.53 Å². The normalized spacial score (nSPS) is 18.9. The minimum absolute atomic E-state index is 0.106. The molecule has 0 aliphatic carbocycles. The molecule has 2 heterocycles. The fourth-order valence-electron chi connectivity index (χ4n) is 2.04. The lowest BCUT2D eigenvalue weighted by atomic mass is 10.2. The number of nitrogens with zero attached hydrogens (tertiary/aromatic N) is 2. The van der Waals surface area contributed by atoms with Gasteiger partial charge in [0.2, 0.25) is 5.91 Å². The third-order valence-electron chi connectivity index (χ3n) is 3.02. The van der Waals surface area contributed by atoms with Crippen molar-refractivity contribution in [1.29, 1.82) is 0 Å². The molecule has 5 heteroatoms. The zero-order valence-electron chi connectivity index (χ0n) is 9.80. The molecule has 5 nitrogen and oxygen atoms in total. The summed E-state index contributed by atoms with van der Waals surface area (Å²) in [5, 5.41) is 3.86. The molecule has 3 rings (SSSR count). The van der Waals surface area contributed by atoms with Crippen LogP contribution in [-0.4, -0.2) is 28.5 Å². The minimum Gasteiger partial charge on any atom is -0.491 e. The van der Waals surface area contributed by atoms with E-state index in [1.54, 1.807) is 6.20 Å². The van der Waals surface area contributed by atoms with Gasteiger partial charge in [0, 0.05) is 24.1 Å². The third kappa shape index (κ3) is 2.25. The molecular weight excluding hydrogens is 230 g/mol. The Hall–Kier alpha value is -2.17. The van der Waals surface area contributed by atoms with E-state index >= 15 is 0 Å². The second-order valence-electron chi connectivity index (χ2n) is 4.36. The second-order valence-corrected chi connectivity index (χ2v) is 4.36. The summed E-state index contributed by atoms with van der Waals surface area (Å²) in [4.78, 5) is 19.2. The molecule has 1 atom stereocenters. The predicted octanol–water partition coefficient (Wildman–Crippen LogP) is 1.29. The van der Waals surface area contributed by atoms with Crippen LogP contribution in [0.4, 0.5) is 0 Å². The molecule has 1 saturated heterocycles. The maximum absolute atomic E-state index is 11.1. The first-order valence-corrected chi connectivity index (χ1v) is 5.93. The van der Waals surface area contributed by atoms with E-state index in [4.69, 9.17) is 4.74 Å². The molecule has 0 radical (unpaired) electrons. The van der Waals surface area contributed by atoms with Gasteiger partial charge in [-0.15, -0.1) is 0 Å². The summed E-state index contributed by atoms with van der Waals surface area (Å²) in [5.74, 6) is 0.872. The molecule has 0 spiro atoms. The van der Waals surface area contributed by atoms with Crippen molar-refractivity contribution in [3.63, 3.8) is 0 Å². The van der Waals surface area contributed by atoms with Gasteiger partial charge in [0.05, 0.1) is 11.6 Å². The van der Waals surface area contributed by atoms with Gasteiger partial charge in [-0.2, -0.15) is 0 Å². The molecule has 1 amide bonds. The summed E-state index contributed by atoms with van der Waals surface area (Å²) in [7, 11) is 0. The highest BCUT2D eigenvalue weighted by Gasteiger charge is 2.20. The number of benzene rings is 1. The molecule has 1 aromatic carbocycles. The number of hydrogen-bond acceptors (Lipinski definition) is 4. The quantitative estimate of drug-likeness (QED) is 0.882. The first-order valence-electron chi connectivity index (χ1n) is 5.93. The fourth-order valence-corrected chi connectivity index (χ4v) is 2.04. The van der Waals surface area contributed by atoms with Crippen molar-refractivity contribution in [3.05, 3.63) is 30.7 Å². The van der Waals surface area contributed by atoms with Crippen LogP contribution in [0.25, 0.3) is 10.9 Å². The smallest absolute Gasteiger partial charge is 0.220 e. The average molecular weight is 243 g/mol. The van der Waals surface area contributed by atoms with Crippen LogP contribution < -0.4 is 10.1 Å². The highest BCUT2D eigenvalue weighted by molar-refractivity contribution is 5.79. The van der Waals surface area contributed by atoms with Gasteiger partial charge in [-0.25, -0.2) is 9.97 Å². The Morgan fingerprint density at radius 3 is 3.22 bits per heavy atom. The number of aromatic nitrogens is 2. The molecule has 1 unspecified atom stereocenters. The number of carbonyl (C=O) groups excluding carboxylic acids is 1. The van der Waals surface area contributed by atoms with Gasteiger partial charge in [0.15, 0.2) is 0 Å². The lowest BCUT2D eigenvalue weighted by molar-refractivity contribution is -0.119. The van der Waals surface area contributed by atoms with E-state index in [9.17, 15) is 4.79 Å². The van der Waals surface area contributed by atoms with Crippen LogP contribution >= 0.6 is 0 Å². The molecule has 1 N–H and O–H groups in total. The van der Waals surface area contributed by atoms with Gasteiger partial charge in [-0.3, -0.25) is 4.79 Å². The highest BCUT2D eigenvalue weighted by atomic mass is 16.5. The maximum atomic E-state index is 11.1. The van der Waals surface area contributed by atoms with Gasteiger partial charge in [0.25, 0.3) is 0 Å². The molecule has 0 bridgehead atoms. The van der Waals surface area contributed by atoms with Crippen molar-refractivity contribution in [1.82, 2.24) is 15.3 Å². The number of amides is 1. The standard InChI is InChI=1S/C13H13N3O2/c17-13-4-2-10(16-13)7-18-11-3-1-9-6-14-8-15-12(9)5-11/h1,3,5-6,8,10H,2,4,7H2,(H,16,17). The summed E-state index contributed by atoms with van der Waals surface area (Å²) >= 11 is 0. The number of rotatable bonds is 3. The van der Waals surface area contributed by atoms with Crippen LogP contribution in [0.2, 0.25) is 0 Å². The molecule has 18 heavy (non-hydrogen) atoms. The van der Waals surface area contributed by atoms with E-state index in [2.05, 4.69) is 15.3 Å². The van der Waals surface area contributed by atoms with E-state index in [1.807, 2.05) is 18.2 Å². The van der Waals surface area contributed by atoms with Crippen LogP contribution in [0.3, 0.4) is 0 Å². The monoisotopic (exact) mass is 243 g/mol. The molecule has 2 aromatic rings. The number of fused-ring (bicyclic) bond motifs is 1. The van der Waals surface area contributed by atoms with Crippen molar-refractivity contribution in [2.45, 2.75) is 18.9 Å². The average Bonchev–Trinajstić information content (AvgIpc) is 2.82. The Kier molecular flexibility index (Phi) is 2.80. The van der Waals surface area contributed by atoms with Gasteiger partial charge in [-0.05, 0) is 18.6 Å². The Bertz CT molecular complexity index is 585. The number of carbonyl (C=O) groups is 1. The van der Waals surface area contributed by atoms with E-state index in [1.165, 1.54) is 6.33 Å². The maximum Gasteiger partial charge on any atom is 0.220 e. The summed E-state index contributed by atoms with van der Waals surface area (Å²) < 4.78 is 5.67. The molecular formula is C13H13N3O2. The number of nitrogens with one attached hydrogen (secondary N) is 1. The van der Waals surface area contributed by atoms with E-state index in [0.29, 0.717) is 13.0 Å². The zero-order valence-corrected chi connectivity index (χ0v) is 9.80. The van der Waals surface area contributed by atoms with Gasteiger partial charge < -0.3 is 10.1 Å². The minimum atomic E-state index is 0.106. The number of ether oxygens (including phenoxy) is 1. The third-order valence-corrected chi connectivity index (χ3v) is 3.02. The van der Waals surface area contributed by atoms with Crippen LogP contribution in [0.15, 0.2) is 30.7 Å². The highest BCUT2D eigenvalue weighted by Crippen LogP contribution is 2.19. The van der Waals surface area contributed by atoms with Gasteiger partial charge >= 0.3 is 0 Å². The van der Waals surface area contributed by atoms with Gasteiger partial charge in [-0.1, -0.05) is 0 Å². The van der Waals surface area contributed by atoms with Crippen LogP contribution in [0.5, 0.6) is 5.75 Å². The fraction of sp³-hybridized carbons (Fsp3) is 0.308. The lowest BCUT2D eigenvalue weighted by Gasteiger charge is -2.12. The van der Waals surface area contributed by atoms with E-state index < -0.39 is 0 Å². The SMILES string of the molecule is O=C1CCC(COc2ccc3cncnc3c2)N1. The largest absolute Gasteiger partial charge is 0.491 e. The Morgan fingerprint density at radius 1 is 1.44 bits per heavy atom. The second kappa shape index (κ2) is 4.60. The topological polar surface area (TPSA) is 64.1 Å². The van der Waals surface area contributed by atoms with E-state index in [-0.39, 0.29) is 11.9 Å². The van der Waals surface area contributed by atoms with Crippen molar-refractivity contribution in [2.24, 2.45) is 0 Å². The molecule has 1 aliphatic rings. The molecule has 1 aliphatic heterocycles. The molecule has 1 fully saturated rings. The van der Waals surface area contributed by atoms with Crippen LogP contribution in [0, 0.1) is 0 Å². The predicted molar refractivity (Wildman–Crippen MR) is 66.2 cm³/mol. The Labute approximate surface area is 104 Å². The first-order chi connectivity index (χ1) is 8.81. The van der Waals surface area contributed by atoms with Crippen molar-refractivity contribution >= 4 is 16.8 Å². The summed E-state index contributed by atoms with van der Waals surface area (Å²) in [6, 6.07) is 5.83. The van der Waals surface area contributed by atoms with Crippen molar-refractivity contribution in [3.8, 4) is 5.75 Å². The van der Waals surface area contributed by atoms with Crippen LogP contribution in [0.1, 0.15) is 12.8 Å².